The van der Waals surface area contributed by atoms with Gasteiger partial charge in [0.1, 0.15) is 11.4 Å². The van der Waals surface area contributed by atoms with Gasteiger partial charge in [0.05, 0.1) is 13.3 Å². The molecule has 0 saturated carbocycles. The van der Waals surface area contributed by atoms with Crippen molar-refractivity contribution in [2.45, 2.75) is 5.88 Å². The molecule has 15 heavy (non-hydrogen) atoms. The summed E-state index contributed by atoms with van der Waals surface area (Å²) in [5.41, 5.74) is 0.594. The van der Waals surface area contributed by atoms with Gasteiger partial charge in [-0.25, -0.2) is 0 Å². The highest BCUT2D eigenvalue weighted by molar-refractivity contribution is 6.16. The largest absolute Gasteiger partial charge is 0.479 e. The lowest BCUT2D eigenvalue weighted by molar-refractivity contribution is 0.391. The average Bonchev–Trinajstić information content (AvgIpc) is 2.77. The summed E-state index contributed by atoms with van der Waals surface area (Å²) >= 11 is 5.55. The molecule has 2 aromatic heterocycles. The van der Waals surface area contributed by atoms with Gasteiger partial charge in [0, 0.05) is 0 Å². The number of nitrogens with zero attached hydrogens (tertiary/aromatic N) is 4. The molecule has 0 fully saturated rings. The van der Waals surface area contributed by atoms with Crippen LogP contribution in [0, 0.1) is 0 Å². The van der Waals surface area contributed by atoms with Crippen LogP contribution in [0.3, 0.4) is 0 Å². The Morgan fingerprint density at radius 3 is 2.93 bits per heavy atom. The fourth-order valence-electron chi connectivity index (χ4n) is 1.05. The molecule has 0 spiro atoms. The van der Waals surface area contributed by atoms with Gasteiger partial charge in [-0.15, -0.1) is 26.9 Å². The van der Waals surface area contributed by atoms with Gasteiger partial charge in [0.25, 0.3) is 5.89 Å². The van der Waals surface area contributed by atoms with E-state index < -0.39 is 0 Å². The Hall–Kier alpha value is -1.69. The Kier molecular flexibility index (Phi) is 2.77. The zero-order valence-corrected chi connectivity index (χ0v) is 8.60. The van der Waals surface area contributed by atoms with Crippen molar-refractivity contribution < 1.29 is 9.15 Å². The highest BCUT2D eigenvalue weighted by Crippen LogP contribution is 2.25. The van der Waals surface area contributed by atoms with Gasteiger partial charge >= 0.3 is 0 Å². The van der Waals surface area contributed by atoms with E-state index in [-0.39, 0.29) is 5.88 Å². The summed E-state index contributed by atoms with van der Waals surface area (Å²) in [5, 5.41) is 15.0. The van der Waals surface area contributed by atoms with Crippen LogP contribution in [0.25, 0.3) is 11.5 Å². The van der Waals surface area contributed by atoms with Gasteiger partial charge < -0.3 is 9.15 Å². The summed E-state index contributed by atoms with van der Waals surface area (Å²) in [6, 6.07) is 1.68. The van der Waals surface area contributed by atoms with Crippen LogP contribution >= 0.6 is 11.6 Å². The summed E-state index contributed by atoms with van der Waals surface area (Å²) in [6.45, 7) is 0. The number of alkyl halides is 1. The Morgan fingerprint density at radius 1 is 1.40 bits per heavy atom. The van der Waals surface area contributed by atoms with E-state index in [1.54, 1.807) is 6.07 Å². The summed E-state index contributed by atoms with van der Waals surface area (Å²) in [5.74, 6) is 1.18. The van der Waals surface area contributed by atoms with E-state index in [2.05, 4.69) is 20.4 Å². The van der Waals surface area contributed by atoms with E-state index in [9.17, 15) is 0 Å². The molecule has 0 aliphatic rings. The van der Waals surface area contributed by atoms with E-state index in [0.717, 1.165) is 0 Å². The third-order valence-corrected chi connectivity index (χ3v) is 1.92. The Balaban J connectivity index is 2.44. The fraction of sp³-hybridized carbons (Fsp3) is 0.250. The van der Waals surface area contributed by atoms with E-state index in [1.165, 1.54) is 13.3 Å². The molecule has 2 rings (SSSR count). The van der Waals surface area contributed by atoms with Crippen LogP contribution in [0.1, 0.15) is 5.89 Å². The van der Waals surface area contributed by atoms with Crippen molar-refractivity contribution in [3.05, 3.63) is 18.2 Å². The molecule has 78 valence electrons. The maximum atomic E-state index is 5.55. The first-order chi connectivity index (χ1) is 7.35. The molecule has 0 radical (unpaired) electrons. The van der Waals surface area contributed by atoms with E-state index in [4.69, 9.17) is 20.8 Å². The first-order valence-electron chi connectivity index (χ1n) is 4.09. The normalized spacial score (nSPS) is 10.3. The van der Waals surface area contributed by atoms with Gasteiger partial charge in [-0.05, 0) is 6.07 Å². The molecule has 0 atom stereocenters. The number of aromatic nitrogens is 4. The summed E-state index contributed by atoms with van der Waals surface area (Å²) in [6.07, 6.45) is 1.52. The molecule has 0 N–H and O–H groups in total. The van der Waals surface area contributed by atoms with E-state index in [1.807, 2.05) is 0 Å². The summed E-state index contributed by atoms with van der Waals surface area (Å²) in [4.78, 5) is 0. The predicted molar refractivity (Wildman–Crippen MR) is 51.4 cm³/mol. The number of ether oxygens (including phenoxy) is 1. The van der Waals surface area contributed by atoms with Crippen molar-refractivity contribution >= 4 is 11.6 Å². The second-order valence-electron chi connectivity index (χ2n) is 2.59. The van der Waals surface area contributed by atoms with E-state index >= 15 is 0 Å². The molecule has 0 aliphatic heterocycles. The lowest BCUT2D eigenvalue weighted by Gasteiger charge is -2.00. The SMILES string of the molecule is COc1nnccc1-c1nnc(CCl)o1. The quantitative estimate of drug-likeness (QED) is 0.734. The minimum Gasteiger partial charge on any atom is -0.479 e. The number of methoxy groups -OCH3 is 1. The molecule has 7 heteroatoms. The average molecular weight is 227 g/mol. The lowest BCUT2D eigenvalue weighted by Crippen LogP contribution is -1.93. The highest BCUT2D eigenvalue weighted by atomic mass is 35.5. The van der Waals surface area contributed by atoms with Crippen LogP contribution in [0.5, 0.6) is 5.88 Å². The van der Waals surface area contributed by atoms with Crippen molar-refractivity contribution in [1.82, 2.24) is 20.4 Å². The minimum atomic E-state index is 0.174. The molecule has 2 aromatic rings. The van der Waals surface area contributed by atoms with Gasteiger partial charge in [-0.3, -0.25) is 0 Å². The van der Waals surface area contributed by atoms with Gasteiger partial charge in [-0.2, -0.15) is 5.10 Å². The highest BCUT2D eigenvalue weighted by Gasteiger charge is 2.13. The van der Waals surface area contributed by atoms with Crippen LogP contribution in [0.4, 0.5) is 0 Å². The van der Waals surface area contributed by atoms with Crippen LogP contribution in [-0.2, 0) is 5.88 Å². The second-order valence-corrected chi connectivity index (χ2v) is 2.86. The first-order valence-corrected chi connectivity index (χ1v) is 4.63. The van der Waals surface area contributed by atoms with Crippen molar-refractivity contribution in [2.75, 3.05) is 7.11 Å². The maximum Gasteiger partial charge on any atom is 0.253 e. The first kappa shape index (κ1) is 9.85. The van der Waals surface area contributed by atoms with Gasteiger partial charge in [-0.1, -0.05) is 0 Å². The monoisotopic (exact) mass is 226 g/mol. The van der Waals surface area contributed by atoms with Gasteiger partial charge in [0.15, 0.2) is 0 Å². The van der Waals surface area contributed by atoms with Crippen molar-refractivity contribution in [3.63, 3.8) is 0 Å². The topological polar surface area (TPSA) is 73.9 Å². The Labute approximate surface area is 90.2 Å². The van der Waals surface area contributed by atoms with Crippen LogP contribution in [0.15, 0.2) is 16.7 Å². The molecule has 0 saturated heterocycles. The fourth-order valence-corrected chi connectivity index (χ4v) is 1.16. The zero-order chi connectivity index (χ0) is 10.7. The molecule has 0 aromatic carbocycles. The summed E-state index contributed by atoms with van der Waals surface area (Å²) < 4.78 is 10.3. The van der Waals surface area contributed by atoms with E-state index in [0.29, 0.717) is 23.2 Å². The van der Waals surface area contributed by atoms with Crippen molar-refractivity contribution in [1.29, 1.82) is 0 Å². The summed E-state index contributed by atoms with van der Waals surface area (Å²) in [7, 11) is 1.49. The molecular formula is C8H7ClN4O2. The van der Waals surface area contributed by atoms with Crippen molar-refractivity contribution in [3.8, 4) is 17.3 Å². The van der Waals surface area contributed by atoms with Gasteiger partial charge in [0.2, 0.25) is 11.8 Å². The third kappa shape index (κ3) is 1.89. The third-order valence-electron chi connectivity index (χ3n) is 1.69. The molecule has 0 aliphatic carbocycles. The predicted octanol–water partition coefficient (Wildman–Crippen LogP) is 1.27. The van der Waals surface area contributed by atoms with Crippen LogP contribution in [-0.4, -0.2) is 27.5 Å². The number of hydrogen-bond acceptors (Lipinski definition) is 6. The number of halogens is 1. The molecule has 2 heterocycles. The Morgan fingerprint density at radius 2 is 2.27 bits per heavy atom. The molecule has 0 unspecified atom stereocenters. The minimum absolute atomic E-state index is 0.174. The molecule has 0 bridgehead atoms. The maximum absolute atomic E-state index is 5.55. The zero-order valence-electron chi connectivity index (χ0n) is 7.85. The molecule has 0 amide bonds. The Bertz CT molecular complexity index is 459. The van der Waals surface area contributed by atoms with Crippen LogP contribution in [0.2, 0.25) is 0 Å². The van der Waals surface area contributed by atoms with Crippen LogP contribution < -0.4 is 4.74 Å². The van der Waals surface area contributed by atoms with Crippen molar-refractivity contribution in [2.24, 2.45) is 0 Å². The molecule has 6 nitrogen and oxygen atoms in total. The lowest BCUT2D eigenvalue weighted by atomic mass is 10.3. The molecular weight excluding hydrogens is 220 g/mol. The smallest absolute Gasteiger partial charge is 0.253 e. The second kappa shape index (κ2) is 4.22. The number of rotatable bonds is 3. The standard InChI is InChI=1S/C8H7ClN4O2/c1-14-7-5(2-3-10-12-7)8-13-11-6(4-9)15-8/h2-3H,4H2,1H3. The number of hydrogen-bond donors (Lipinski definition) is 0.